The minimum atomic E-state index is 0.666. The summed E-state index contributed by atoms with van der Waals surface area (Å²) < 4.78 is 7.47. The number of fused-ring (bicyclic) bond motifs is 1. The van der Waals surface area contributed by atoms with Crippen molar-refractivity contribution in [3.8, 4) is 5.75 Å². The molecule has 1 aromatic heterocycles. The van der Waals surface area contributed by atoms with Crippen LogP contribution in [-0.2, 0) is 13.0 Å². The van der Waals surface area contributed by atoms with Crippen LogP contribution in [0.3, 0.4) is 0 Å². The van der Waals surface area contributed by atoms with E-state index in [0.29, 0.717) is 6.54 Å². The summed E-state index contributed by atoms with van der Waals surface area (Å²) in [6.07, 6.45) is 3.22. The largest absolute Gasteiger partial charge is 0.497 e. The molecule has 2 rings (SSSR count). The van der Waals surface area contributed by atoms with Crippen LogP contribution >= 0.6 is 0 Å². The smallest absolute Gasteiger partial charge is 0.119 e. The molecule has 0 saturated heterocycles. The van der Waals surface area contributed by atoms with Gasteiger partial charge in [0, 0.05) is 30.2 Å². The van der Waals surface area contributed by atoms with Crippen molar-refractivity contribution in [3.63, 3.8) is 0 Å². The second-order valence-electron chi connectivity index (χ2n) is 3.87. The van der Waals surface area contributed by atoms with E-state index in [2.05, 4.69) is 29.8 Å². The summed E-state index contributed by atoms with van der Waals surface area (Å²) in [5.41, 5.74) is 8.20. The second kappa shape index (κ2) is 4.58. The highest BCUT2D eigenvalue weighted by Gasteiger charge is 2.07. The fourth-order valence-corrected chi connectivity index (χ4v) is 2.08. The second-order valence-corrected chi connectivity index (χ2v) is 3.87. The van der Waals surface area contributed by atoms with E-state index in [1.165, 1.54) is 16.5 Å². The van der Waals surface area contributed by atoms with Crippen molar-refractivity contribution in [2.24, 2.45) is 5.73 Å². The number of benzene rings is 1. The molecule has 86 valence electrons. The van der Waals surface area contributed by atoms with Crippen molar-refractivity contribution in [2.45, 2.75) is 19.9 Å². The highest BCUT2D eigenvalue weighted by atomic mass is 16.5. The zero-order valence-corrected chi connectivity index (χ0v) is 9.86. The molecule has 1 heterocycles. The fraction of sp³-hybridized carbons (Fsp3) is 0.385. The molecule has 1 aromatic carbocycles. The van der Waals surface area contributed by atoms with E-state index in [9.17, 15) is 0 Å². The molecule has 3 nitrogen and oxygen atoms in total. The average Bonchev–Trinajstić information content (AvgIpc) is 2.67. The third kappa shape index (κ3) is 1.78. The van der Waals surface area contributed by atoms with Crippen LogP contribution in [0.1, 0.15) is 12.5 Å². The molecule has 0 unspecified atom stereocenters. The number of hydrogen-bond donors (Lipinski definition) is 1. The van der Waals surface area contributed by atoms with Gasteiger partial charge >= 0.3 is 0 Å². The molecule has 0 fully saturated rings. The molecule has 0 aliphatic rings. The van der Waals surface area contributed by atoms with Gasteiger partial charge in [-0.1, -0.05) is 6.92 Å². The van der Waals surface area contributed by atoms with Crippen LogP contribution in [0.15, 0.2) is 24.4 Å². The van der Waals surface area contributed by atoms with Gasteiger partial charge in [-0.3, -0.25) is 0 Å². The summed E-state index contributed by atoms with van der Waals surface area (Å²) in [6.45, 7) is 3.70. The molecule has 3 heteroatoms. The van der Waals surface area contributed by atoms with Crippen LogP contribution in [0, 0.1) is 0 Å². The highest BCUT2D eigenvalue weighted by molar-refractivity contribution is 5.85. The molecular weight excluding hydrogens is 200 g/mol. The third-order valence-electron chi connectivity index (χ3n) is 2.92. The van der Waals surface area contributed by atoms with Gasteiger partial charge in [0.1, 0.15) is 5.75 Å². The van der Waals surface area contributed by atoms with Crippen molar-refractivity contribution in [1.29, 1.82) is 0 Å². The summed E-state index contributed by atoms with van der Waals surface area (Å²) in [4.78, 5) is 0. The molecule has 0 spiro atoms. The Morgan fingerprint density at radius 1 is 1.38 bits per heavy atom. The number of nitrogens with two attached hydrogens (primary N) is 1. The molecule has 2 aromatic rings. The van der Waals surface area contributed by atoms with Crippen LogP contribution in [0.25, 0.3) is 10.9 Å². The first-order chi connectivity index (χ1) is 7.80. The van der Waals surface area contributed by atoms with Crippen molar-refractivity contribution in [2.75, 3.05) is 13.7 Å². The van der Waals surface area contributed by atoms with Gasteiger partial charge in [-0.2, -0.15) is 0 Å². The van der Waals surface area contributed by atoms with E-state index in [0.717, 1.165) is 18.7 Å². The van der Waals surface area contributed by atoms with E-state index in [-0.39, 0.29) is 0 Å². The SMILES string of the molecule is CCc1cn(CCN)c2ccc(OC)cc12. The molecule has 0 atom stereocenters. The van der Waals surface area contributed by atoms with Crippen LogP contribution in [0.4, 0.5) is 0 Å². The fourth-order valence-electron chi connectivity index (χ4n) is 2.08. The van der Waals surface area contributed by atoms with E-state index in [4.69, 9.17) is 10.5 Å². The molecule has 0 bridgehead atoms. The summed E-state index contributed by atoms with van der Waals surface area (Å²) in [5.74, 6) is 0.910. The Morgan fingerprint density at radius 2 is 2.19 bits per heavy atom. The van der Waals surface area contributed by atoms with Gasteiger partial charge in [0.2, 0.25) is 0 Å². The molecular formula is C13H18N2O. The molecule has 0 amide bonds. The minimum absolute atomic E-state index is 0.666. The Hall–Kier alpha value is -1.48. The average molecular weight is 218 g/mol. The molecule has 0 aliphatic carbocycles. The first kappa shape index (κ1) is 11.0. The lowest BCUT2D eigenvalue weighted by atomic mass is 10.1. The Morgan fingerprint density at radius 3 is 2.81 bits per heavy atom. The van der Waals surface area contributed by atoms with Gasteiger partial charge < -0.3 is 15.0 Å². The standard InChI is InChI=1S/C13H18N2O/c1-3-10-9-15(7-6-14)13-5-4-11(16-2)8-12(10)13/h4-5,8-9H,3,6-7,14H2,1-2H3. The van der Waals surface area contributed by atoms with Crippen LogP contribution in [0.5, 0.6) is 5.75 Å². The molecule has 16 heavy (non-hydrogen) atoms. The summed E-state index contributed by atoms with van der Waals surface area (Å²) >= 11 is 0. The Bertz CT molecular complexity index is 488. The van der Waals surface area contributed by atoms with Gasteiger partial charge in [0.25, 0.3) is 0 Å². The number of aryl methyl sites for hydroxylation is 1. The van der Waals surface area contributed by atoms with Gasteiger partial charge in [-0.15, -0.1) is 0 Å². The quantitative estimate of drug-likeness (QED) is 0.854. The monoisotopic (exact) mass is 218 g/mol. The molecule has 2 N–H and O–H groups in total. The molecule has 0 aliphatic heterocycles. The zero-order chi connectivity index (χ0) is 11.5. The van der Waals surface area contributed by atoms with Gasteiger partial charge in [-0.05, 0) is 30.2 Å². The lowest BCUT2D eigenvalue weighted by Gasteiger charge is -2.03. The predicted molar refractivity (Wildman–Crippen MR) is 66.9 cm³/mol. The number of ether oxygens (including phenoxy) is 1. The predicted octanol–water partition coefficient (Wildman–Crippen LogP) is 2.17. The van der Waals surface area contributed by atoms with Gasteiger partial charge in [0.05, 0.1) is 7.11 Å². The van der Waals surface area contributed by atoms with Crippen molar-refractivity contribution in [1.82, 2.24) is 4.57 Å². The molecule has 0 saturated carbocycles. The van der Waals surface area contributed by atoms with Crippen LogP contribution in [-0.4, -0.2) is 18.2 Å². The van der Waals surface area contributed by atoms with E-state index in [1.54, 1.807) is 7.11 Å². The van der Waals surface area contributed by atoms with Crippen LogP contribution < -0.4 is 10.5 Å². The van der Waals surface area contributed by atoms with E-state index >= 15 is 0 Å². The number of hydrogen-bond acceptors (Lipinski definition) is 2. The van der Waals surface area contributed by atoms with Gasteiger partial charge in [-0.25, -0.2) is 0 Å². The lowest BCUT2D eigenvalue weighted by molar-refractivity contribution is 0.415. The molecule has 0 radical (unpaired) electrons. The zero-order valence-electron chi connectivity index (χ0n) is 9.86. The Labute approximate surface area is 95.8 Å². The van der Waals surface area contributed by atoms with Crippen molar-refractivity contribution in [3.05, 3.63) is 30.0 Å². The number of nitrogens with zero attached hydrogens (tertiary/aromatic N) is 1. The summed E-state index contributed by atoms with van der Waals surface area (Å²) in [5, 5.41) is 1.27. The Balaban J connectivity index is 2.59. The van der Waals surface area contributed by atoms with Gasteiger partial charge in [0.15, 0.2) is 0 Å². The summed E-state index contributed by atoms with van der Waals surface area (Å²) in [6, 6.07) is 6.19. The van der Waals surface area contributed by atoms with E-state index in [1.807, 2.05) is 6.07 Å². The van der Waals surface area contributed by atoms with Crippen LogP contribution in [0.2, 0.25) is 0 Å². The maximum Gasteiger partial charge on any atom is 0.119 e. The summed E-state index contributed by atoms with van der Waals surface area (Å²) in [7, 11) is 1.70. The maximum absolute atomic E-state index is 5.61. The van der Waals surface area contributed by atoms with Crippen molar-refractivity contribution >= 4 is 10.9 Å². The highest BCUT2D eigenvalue weighted by Crippen LogP contribution is 2.26. The number of aromatic nitrogens is 1. The topological polar surface area (TPSA) is 40.2 Å². The van der Waals surface area contributed by atoms with Crippen molar-refractivity contribution < 1.29 is 4.74 Å². The lowest BCUT2D eigenvalue weighted by Crippen LogP contribution is -2.08. The minimum Gasteiger partial charge on any atom is -0.497 e. The first-order valence-electron chi connectivity index (χ1n) is 5.66. The Kier molecular flexibility index (Phi) is 3.15. The number of rotatable bonds is 4. The maximum atomic E-state index is 5.61. The third-order valence-corrected chi connectivity index (χ3v) is 2.92. The first-order valence-corrected chi connectivity index (χ1v) is 5.66. The normalized spacial score (nSPS) is 10.9. The van der Waals surface area contributed by atoms with E-state index < -0.39 is 0 Å². The number of methoxy groups -OCH3 is 1.